The van der Waals surface area contributed by atoms with Crippen LogP contribution in [0.2, 0.25) is 0 Å². The summed E-state index contributed by atoms with van der Waals surface area (Å²) in [6.45, 7) is 2.01. The maximum absolute atomic E-state index is 11.1. The first-order valence-corrected chi connectivity index (χ1v) is 9.97. The second-order valence-corrected chi connectivity index (χ2v) is 7.53. The molecule has 1 atom stereocenters. The standard InChI is InChI=1S/C20H26N6O2/c27-20(23-28)11-8-15-6-9-16(10-7-15)18-5-2-13-25(18)14-12-19-21-24-26(22-19)17-3-1-4-17/h6-11,17-18,28H,1-5,12-14H2,(H,23,27)/b11-8+/t18-/m0/s1. The summed E-state index contributed by atoms with van der Waals surface area (Å²) < 4.78 is 0. The fourth-order valence-corrected chi connectivity index (χ4v) is 3.88. The molecule has 1 amide bonds. The summed E-state index contributed by atoms with van der Waals surface area (Å²) in [7, 11) is 0. The lowest BCUT2D eigenvalue weighted by Gasteiger charge is -2.24. The van der Waals surface area contributed by atoms with Crippen LogP contribution in [0.15, 0.2) is 30.3 Å². The number of nitrogens with zero attached hydrogens (tertiary/aromatic N) is 5. The minimum absolute atomic E-state index is 0.403. The van der Waals surface area contributed by atoms with Crippen LogP contribution in [0.5, 0.6) is 0 Å². The fraction of sp³-hybridized carbons (Fsp3) is 0.500. The summed E-state index contributed by atoms with van der Waals surface area (Å²) in [5, 5.41) is 21.5. The molecule has 1 aliphatic heterocycles. The minimum Gasteiger partial charge on any atom is -0.296 e. The van der Waals surface area contributed by atoms with Crippen LogP contribution in [0.3, 0.4) is 0 Å². The quantitative estimate of drug-likeness (QED) is 0.433. The van der Waals surface area contributed by atoms with Crippen LogP contribution in [0.1, 0.15) is 61.1 Å². The summed E-state index contributed by atoms with van der Waals surface area (Å²) >= 11 is 0. The van der Waals surface area contributed by atoms with Gasteiger partial charge in [-0.15, -0.1) is 10.2 Å². The molecule has 1 aromatic heterocycles. The molecule has 2 fully saturated rings. The normalized spacial score (nSPS) is 20.5. The fourth-order valence-electron chi connectivity index (χ4n) is 3.88. The Balaban J connectivity index is 1.34. The van der Waals surface area contributed by atoms with Crippen molar-refractivity contribution in [2.45, 2.75) is 50.6 Å². The van der Waals surface area contributed by atoms with Crippen molar-refractivity contribution in [1.82, 2.24) is 30.6 Å². The van der Waals surface area contributed by atoms with Crippen LogP contribution >= 0.6 is 0 Å². The molecule has 8 heteroatoms. The van der Waals surface area contributed by atoms with Gasteiger partial charge < -0.3 is 0 Å². The number of likely N-dealkylation sites (tertiary alicyclic amines) is 1. The first-order chi connectivity index (χ1) is 13.7. The molecule has 0 unspecified atom stereocenters. The molecule has 0 bridgehead atoms. The monoisotopic (exact) mass is 382 g/mol. The Kier molecular flexibility index (Phi) is 5.78. The van der Waals surface area contributed by atoms with E-state index < -0.39 is 5.91 Å². The molecule has 28 heavy (non-hydrogen) atoms. The lowest BCUT2D eigenvalue weighted by atomic mass is 9.94. The van der Waals surface area contributed by atoms with Gasteiger partial charge in [-0.05, 0) is 61.1 Å². The average molecular weight is 382 g/mol. The van der Waals surface area contributed by atoms with E-state index in [2.05, 4.69) is 32.4 Å². The zero-order chi connectivity index (χ0) is 19.3. The Morgan fingerprint density at radius 1 is 1.21 bits per heavy atom. The molecule has 1 saturated heterocycles. The largest absolute Gasteiger partial charge is 0.296 e. The van der Waals surface area contributed by atoms with Crippen molar-refractivity contribution in [3.05, 3.63) is 47.3 Å². The van der Waals surface area contributed by atoms with Gasteiger partial charge in [-0.2, -0.15) is 4.80 Å². The number of tetrazole rings is 1. The molecular formula is C20H26N6O2. The Morgan fingerprint density at radius 3 is 2.75 bits per heavy atom. The number of aromatic nitrogens is 4. The number of carbonyl (C=O) groups is 1. The second-order valence-electron chi connectivity index (χ2n) is 7.53. The van der Waals surface area contributed by atoms with Gasteiger partial charge in [0, 0.05) is 25.1 Å². The Hall–Kier alpha value is -2.58. The highest BCUT2D eigenvalue weighted by Gasteiger charge is 2.26. The van der Waals surface area contributed by atoms with E-state index in [1.807, 2.05) is 12.1 Å². The first-order valence-electron chi connectivity index (χ1n) is 9.97. The highest BCUT2D eigenvalue weighted by Crippen LogP contribution is 2.32. The van der Waals surface area contributed by atoms with Gasteiger partial charge in [0.15, 0.2) is 5.82 Å². The van der Waals surface area contributed by atoms with E-state index in [0.717, 1.165) is 37.3 Å². The lowest BCUT2D eigenvalue weighted by molar-refractivity contribution is -0.124. The first kappa shape index (κ1) is 18.8. The van der Waals surface area contributed by atoms with Crippen LogP contribution in [0, 0.1) is 0 Å². The Labute approximate surface area is 164 Å². The number of nitrogens with one attached hydrogen (secondary N) is 1. The summed E-state index contributed by atoms with van der Waals surface area (Å²) in [5.41, 5.74) is 3.80. The number of hydroxylamine groups is 1. The summed E-state index contributed by atoms with van der Waals surface area (Å²) in [6.07, 6.45) is 9.73. The zero-order valence-corrected chi connectivity index (χ0v) is 15.9. The molecule has 1 aliphatic carbocycles. The molecule has 4 rings (SSSR count). The lowest BCUT2D eigenvalue weighted by Crippen LogP contribution is -2.26. The number of rotatable bonds is 7. The number of hydrogen-bond donors (Lipinski definition) is 2. The van der Waals surface area contributed by atoms with Gasteiger partial charge in [-0.1, -0.05) is 24.3 Å². The van der Waals surface area contributed by atoms with Crippen molar-refractivity contribution in [3.8, 4) is 0 Å². The molecule has 2 aromatic rings. The summed E-state index contributed by atoms with van der Waals surface area (Å²) in [4.78, 5) is 15.4. The molecule has 1 saturated carbocycles. The van der Waals surface area contributed by atoms with E-state index in [1.54, 1.807) is 16.4 Å². The van der Waals surface area contributed by atoms with E-state index in [1.165, 1.54) is 37.3 Å². The van der Waals surface area contributed by atoms with Gasteiger partial charge >= 0.3 is 0 Å². The van der Waals surface area contributed by atoms with Crippen molar-refractivity contribution < 1.29 is 10.0 Å². The van der Waals surface area contributed by atoms with Crippen LogP contribution in [0.4, 0.5) is 0 Å². The molecule has 2 N–H and O–H groups in total. The molecule has 0 radical (unpaired) electrons. The van der Waals surface area contributed by atoms with Crippen LogP contribution in [-0.4, -0.2) is 49.3 Å². The predicted molar refractivity (Wildman–Crippen MR) is 103 cm³/mol. The van der Waals surface area contributed by atoms with E-state index in [4.69, 9.17) is 5.21 Å². The van der Waals surface area contributed by atoms with Crippen molar-refractivity contribution in [1.29, 1.82) is 0 Å². The smallest absolute Gasteiger partial charge is 0.267 e. The minimum atomic E-state index is -0.533. The van der Waals surface area contributed by atoms with Gasteiger partial charge in [0.1, 0.15) is 0 Å². The Bertz CT molecular complexity index is 827. The number of carbonyl (C=O) groups excluding carboxylic acids is 1. The topological polar surface area (TPSA) is 96.2 Å². The van der Waals surface area contributed by atoms with E-state index in [0.29, 0.717) is 12.1 Å². The molecule has 2 aliphatic rings. The van der Waals surface area contributed by atoms with E-state index in [-0.39, 0.29) is 0 Å². The van der Waals surface area contributed by atoms with Crippen molar-refractivity contribution in [2.75, 3.05) is 13.1 Å². The van der Waals surface area contributed by atoms with Gasteiger partial charge in [0.25, 0.3) is 5.91 Å². The number of amides is 1. The van der Waals surface area contributed by atoms with Crippen LogP contribution in [-0.2, 0) is 11.2 Å². The van der Waals surface area contributed by atoms with Gasteiger partial charge in [0.05, 0.1) is 6.04 Å². The molecule has 148 valence electrons. The third-order valence-corrected chi connectivity index (χ3v) is 5.72. The van der Waals surface area contributed by atoms with Gasteiger partial charge in [-0.3, -0.25) is 14.9 Å². The molecule has 2 heterocycles. The van der Waals surface area contributed by atoms with Crippen molar-refractivity contribution in [3.63, 3.8) is 0 Å². The number of hydrogen-bond acceptors (Lipinski definition) is 6. The second kappa shape index (κ2) is 8.62. The predicted octanol–water partition coefficient (Wildman–Crippen LogP) is 2.30. The summed E-state index contributed by atoms with van der Waals surface area (Å²) in [5.74, 6) is 0.300. The van der Waals surface area contributed by atoms with Crippen molar-refractivity contribution in [2.24, 2.45) is 0 Å². The SMILES string of the molecule is O=C(/C=C/c1ccc([C@@H]2CCCN2CCc2nnn(C3CCC3)n2)cc1)NO. The zero-order valence-electron chi connectivity index (χ0n) is 15.9. The van der Waals surface area contributed by atoms with E-state index in [9.17, 15) is 4.79 Å². The average Bonchev–Trinajstić information content (AvgIpc) is 3.33. The molecular weight excluding hydrogens is 356 g/mol. The van der Waals surface area contributed by atoms with Crippen LogP contribution < -0.4 is 5.48 Å². The highest BCUT2D eigenvalue weighted by atomic mass is 16.5. The molecule has 8 nitrogen and oxygen atoms in total. The Morgan fingerprint density at radius 2 is 2.04 bits per heavy atom. The van der Waals surface area contributed by atoms with Crippen LogP contribution in [0.25, 0.3) is 6.08 Å². The van der Waals surface area contributed by atoms with Gasteiger partial charge in [0.2, 0.25) is 0 Å². The third kappa shape index (κ3) is 4.28. The number of benzene rings is 1. The van der Waals surface area contributed by atoms with E-state index >= 15 is 0 Å². The molecule has 1 aromatic carbocycles. The maximum Gasteiger partial charge on any atom is 0.267 e. The molecule has 0 spiro atoms. The summed E-state index contributed by atoms with van der Waals surface area (Å²) in [6, 6.07) is 9.09. The van der Waals surface area contributed by atoms with Gasteiger partial charge in [-0.25, -0.2) is 5.48 Å². The van der Waals surface area contributed by atoms with Crippen molar-refractivity contribution >= 4 is 12.0 Å². The highest BCUT2D eigenvalue weighted by molar-refractivity contribution is 5.90. The third-order valence-electron chi connectivity index (χ3n) is 5.72. The maximum atomic E-state index is 11.1.